The van der Waals surface area contributed by atoms with Crippen LogP contribution in [0.5, 0.6) is 23.0 Å². The van der Waals surface area contributed by atoms with Crippen LogP contribution in [0.15, 0.2) is 78.9 Å². The van der Waals surface area contributed by atoms with Crippen LogP contribution in [-0.4, -0.2) is 44.2 Å². The molecule has 0 atom stereocenters. The Hall–Kier alpha value is -4.03. The second kappa shape index (κ2) is 12.0. The third-order valence-electron chi connectivity index (χ3n) is 7.06. The van der Waals surface area contributed by atoms with Crippen LogP contribution < -0.4 is 19.9 Å². The molecule has 1 heterocycles. The van der Waals surface area contributed by atoms with E-state index < -0.39 is 5.91 Å². The predicted octanol–water partition coefficient (Wildman–Crippen LogP) is 6.20. The van der Waals surface area contributed by atoms with Crippen LogP contribution in [0.4, 0.5) is 0 Å². The van der Waals surface area contributed by atoms with Gasteiger partial charge in [0.05, 0.1) is 7.11 Å². The van der Waals surface area contributed by atoms with Crippen LogP contribution in [0.1, 0.15) is 40.7 Å². The van der Waals surface area contributed by atoms with E-state index >= 15 is 0 Å². The van der Waals surface area contributed by atoms with Gasteiger partial charge >= 0.3 is 0 Å². The standard InChI is InChI=1S/C32H34N2O4/c1-36-29-15-16-30-25(22-29)9-10-26(21-23-5-7-24(8-6-23)32(33)35)31(30)38-28-13-11-27(12-14-28)37-20-19-34-17-3-2-4-18-34/h5-16,22H,2-4,17-21H2,1H3,(H2,33,35). The number of benzene rings is 4. The highest BCUT2D eigenvalue weighted by Gasteiger charge is 2.14. The minimum absolute atomic E-state index is 0.431. The van der Waals surface area contributed by atoms with E-state index in [0.29, 0.717) is 18.6 Å². The van der Waals surface area contributed by atoms with Crippen molar-refractivity contribution in [3.05, 3.63) is 95.6 Å². The van der Waals surface area contributed by atoms with Crippen molar-refractivity contribution in [2.24, 2.45) is 5.73 Å². The molecule has 1 aliphatic rings. The lowest BCUT2D eigenvalue weighted by Crippen LogP contribution is -2.33. The Kier molecular flexibility index (Phi) is 8.09. The van der Waals surface area contributed by atoms with Crippen molar-refractivity contribution in [1.29, 1.82) is 0 Å². The molecule has 1 fully saturated rings. The van der Waals surface area contributed by atoms with E-state index in [1.807, 2.05) is 54.6 Å². The number of carbonyl (C=O) groups is 1. The summed E-state index contributed by atoms with van der Waals surface area (Å²) in [5.74, 6) is 2.74. The summed E-state index contributed by atoms with van der Waals surface area (Å²) in [6.07, 6.45) is 4.56. The molecule has 4 aromatic rings. The number of carbonyl (C=O) groups excluding carboxylic acids is 1. The lowest BCUT2D eigenvalue weighted by Gasteiger charge is -2.26. The van der Waals surface area contributed by atoms with Gasteiger partial charge < -0.3 is 19.9 Å². The van der Waals surface area contributed by atoms with Crippen LogP contribution >= 0.6 is 0 Å². The van der Waals surface area contributed by atoms with Crippen molar-refractivity contribution in [3.8, 4) is 23.0 Å². The van der Waals surface area contributed by atoms with Gasteiger partial charge in [0.2, 0.25) is 5.91 Å². The van der Waals surface area contributed by atoms with Gasteiger partial charge in [-0.25, -0.2) is 0 Å². The van der Waals surface area contributed by atoms with E-state index in [2.05, 4.69) is 17.0 Å². The lowest BCUT2D eigenvalue weighted by molar-refractivity contribution is 0.100. The van der Waals surface area contributed by atoms with Crippen molar-refractivity contribution in [2.45, 2.75) is 25.7 Å². The van der Waals surface area contributed by atoms with Gasteiger partial charge in [-0.3, -0.25) is 9.69 Å². The molecule has 6 nitrogen and oxygen atoms in total. The van der Waals surface area contributed by atoms with Crippen molar-refractivity contribution in [2.75, 3.05) is 33.4 Å². The molecule has 1 aliphatic heterocycles. The average Bonchev–Trinajstić information content (AvgIpc) is 2.95. The average molecular weight is 511 g/mol. The maximum atomic E-state index is 11.5. The smallest absolute Gasteiger partial charge is 0.248 e. The quantitative estimate of drug-likeness (QED) is 0.275. The topological polar surface area (TPSA) is 74.0 Å². The fraction of sp³-hybridized carbons (Fsp3) is 0.281. The molecule has 4 aromatic carbocycles. The lowest BCUT2D eigenvalue weighted by atomic mass is 9.98. The van der Waals surface area contributed by atoms with E-state index in [-0.39, 0.29) is 0 Å². The zero-order valence-corrected chi connectivity index (χ0v) is 21.8. The third kappa shape index (κ3) is 6.26. The molecular formula is C32H34N2O4. The molecule has 0 radical (unpaired) electrons. The molecule has 0 saturated carbocycles. The normalized spacial score (nSPS) is 13.8. The molecule has 0 spiro atoms. The van der Waals surface area contributed by atoms with Gasteiger partial charge in [0.15, 0.2) is 0 Å². The molecule has 5 rings (SSSR count). The Bertz CT molecular complexity index is 1380. The van der Waals surface area contributed by atoms with Gasteiger partial charge in [-0.15, -0.1) is 0 Å². The number of primary amides is 1. The number of piperidine rings is 1. The highest BCUT2D eigenvalue weighted by molar-refractivity contribution is 5.93. The molecule has 2 N–H and O–H groups in total. The Morgan fingerprint density at radius 3 is 2.26 bits per heavy atom. The Morgan fingerprint density at radius 2 is 1.55 bits per heavy atom. The first-order valence-corrected chi connectivity index (χ1v) is 13.2. The Balaban J connectivity index is 1.35. The predicted molar refractivity (Wildman–Crippen MR) is 151 cm³/mol. The Morgan fingerprint density at radius 1 is 0.842 bits per heavy atom. The minimum atomic E-state index is -0.431. The number of likely N-dealkylation sites (tertiary alicyclic amines) is 1. The van der Waals surface area contributed by atoms with Gasteiger partial charge in [-0.2, -0.15) is 0 Å². The monoisotopic (exact) mass is 510 g/mol. The second-order valence-electron chi connectivity index (χ2n) is 9.70. The highest BCUT2D eigenvalue weighted by Crippen LogP contribution is 2.37. The molecule has 6 heteroatoms. The number of nitrogens with two attached hydrogens (primary N) is 1. The van der Waals surface area contributed by atoms with E-state index in [1.165, 1.54) is 32.4 Å². The fourth-order valence-electron chi connectivity index (χ4n) is 4.92. The van der Waals surface area contributed by atoms with Gasteiger partial charge in [0.25, 0.3) is 0 Å². The summed E-state index contributed by atoms with van der Waals surface area (Å²) in [7, 11) is 1.67. The minimum Gasteiger partial charge on any atom is -0.497 e. The van der Waals surface area contributed by atoms with E-state index in [9.17, 15) is 4.79 Å². The Labute approximate surface area is 223 Å². The summed E-state index contributed by atoms with van der Waals surface area (Å²) < 4.78 is 17.9. The number of nitrogens with zero attached hydrogens (tertiary/aromatic N) is 1. The number of hydrogen-bond acceptors (Lipinski definition) is 5. The van der Waals surface area contributed by atoms with Crippen LogP contribution in [-0.2, 0) is 6.42 Å². The van der Waals surface area contributed by atoms with Gasteiger partial charge in [0, 0.05) is 23.9 Å². The van der Waals surface area contributed by atoms with Gasteiger partial charge in [0.1, 0.15) is 29.6 Å². The van der Waals surface area contributed by atoms with E-state index in [4.69, 9.17) is 19.9 Å². The number of methoxy groups -OCH3 is 1. The van der Waals surface area contributed by atoms with Crippen LogP contribution in [0.3, 0.4) is 0 Å². The summed E-state index contributed by atoms with van der Waals surface area (Å²) in [5, 5.41) is 2.03. The number of amides is 1. The summed E-state index contributed by atoms with van der Waals surface area (Å²) in [6, 6.07) is 25.3. The maximum Gasteiger partial charge on any atom is 0.248 e. The highest BCUT2D eigenvalue weighted by atomic mass is 16.5. The molecule has 0 aromatic heterocycles. The van der Waals surface area contributed by atoms with Crippen molar-refractivity contribution < 1.29 is 19.0 Å². The summed E-state index contributed by atoms with van der Waals surface area (Å²) in [6.45, 7) is 3.99. The second-order valence-corrected chi connectivity index (χ2v) is 9.70. The van der Waals surface area contributed by atoms with Gasteiger partial charge in [-0.05, 0) is 97.0 Å². The van der Waals surface area contributed by atoms with Crippen LogP contribution in [0, 0.1) is 0 Å². The largest absolute Gasteiger partial charge is 0.497 e. The fourth-order valence-corrected chi connectivity index (χ4v) is 4.92. The molecule has 0 aliphatic carbocycles. The number of rotatable bonds is 10. The van der Waals surface area contributed by atoms with Crippen LogP contribution in [0.2, 0.25) is 0 Å². The van der Waals surface area contributed by atoms with Crippen molar-refractivity contribution in [3.63, 3.8) is 0 Å². The maximum absolute atomic E-state index is 11.5. The molecule has 0 unspecified atom stereocenters. The van der Waals surface area contributed by atoms with Crippen LogP contribution in [0.25, 0.3) is 10.8 Å². The summed E-state index contributed by atoms with van der Waals surface area (Å²) >= 11 is 0. The number of ether oxygens (including phenoxy) is 3. The molecule has 196 valence electrons. The zero-order valence-electron chi connectivity index (χ0n) is 21.8. The number of fused-ring (bicyclic) bond motifs is 1. The first kappa shape index (κ1) is 25.6. The van der Waals surface area contributed by atoms with E-state index in [1.54, 1.807) is 19.2 Å². The third-order valence-corrected chi connectivity index (χ3v) is 7.06. The molecule has 38 heavy (non-hydrogen) atoms. The first-order valence-electron chi connectivity index (χ1n) is 13.2. The molecule has 1 amide bonds. The zero-order chi connectivity index (χ0) is 26.3. The summed E-state index contributed by atoms with van der Waals surface area (Å²) in [5.41, 5.74) is 8.00. The number of hydrogen-bond donors (Lipinski definition) is 1. The summed E-state index contributed by atoms with van der Waals surface area (Å²) in [4.78, 5) is 13.9. The van der Waals surface area contributed by atoms with Crippen molar-refractivity contribution in [1.82, 2.24) is 4.90 Å². The SMILES string of the molecule is COc1ccc2c(Oc3ccc(OCCN4CCCCC4)cc3)c(Cc3ccc(C(N)=O)cc3)ccc2c1. The molecule has 0 bridgehead atoms. The van der Waals surface area contributed by atoms with E-state index in [0.717, 1.165) is 51.4 Å². The first-order chi connectivity index (χ1) is 18.6. The molecular weight excluding hydrogens is 476 g/mol. The molecule has 1 saturated heterocycles. The van der Waals surface area contributed by atoms with Gasteiger partial charge in [-0.1, -0.05) is 30.7 Å². The van der Waals surface area contributed by atoms with Crippen molar-refractivity contribution >= 4 is 16.7 Å².